The molecule has 2 heterocycles. The molecule has 9 nitrogen and oxygen atoms in total. The highest BCUT2D eigenvalue weighted by molar-refractivity contribution is 7.84. The number of carbonyl (C=O) groups is 2. The largest absolute Gasteiger partial charge is 0.367 e. The number of rotatable bonds is 9. The first-order chi connectivity index (χ1) is 16.6. The quantitative estimate of drug-likeness (QED) is 0.376. The average Bonchev–Trinajstić information content (AvgIpc) is 3.43. The summed E-state index contributed by atoms with van der Waals surface area (Å²) in [6.45, 7) is 0.00367. The van der Waals surface area contributed by atoms with Gasteiger partial charge in [0.2, 0.25) is 5.78 Å². The summed E-state index contributed by atoms with van der Waals surface area (Å²) in [5, 5.41) is 8.56. The second-order valence-electron chi connectivity index (χ2n) is 8.05. The van der Waals surface area contributed by atoms with Crippen LogP contribution in [-0.2, 0) is 14.5 Å². The topological polar surface area (TPSA) is 141 Å². The van der Waals surface area contributed by atoms with E-state index < -0.39 is 10.3 Å². The minimum absolute atomic E-state index is 0.00276. The number of aromatic nitrogens is 2. The van der Waals surface area contributed by atoms with E-state index in [4.69, 9.17) is 32.5 Å². The molecule has 0 spiro atoms. The predicted molar refractivity (Wildman–Crippen MR) is 133 cm³/mol. The lowest BCUT2D eigenvalue weighted by atomic mass is 10.0. The summed E-state index contributed by atoms with van der Waals surface area (Å²) in [6.07, 6.45) is 4.82. The monoisotopic (exact) mass is 554 g/mol. The van der Waals surface area contributed by atoms with Crippen LogP contribution in [0.3, 0.4) is 0 Å². The first-order valence-electron chi connectivity index (χ1n) is 10.5. The Bertz CT molecular complexity index is 1380. The van der Waals surface area contributed by atoms with Gasteiger partial charge >= 0.3 is 10.3 Å². The van der Waals surface area contributed by atoms with Crippen LogP contribution in [-0.4, -0.2) is 42.6 Å². The third-order valence-electron chi connectivity index (χ3n) is 5.55. The summed E-state index contributed by atoms with van der Waals surface area (Å²) in [6, 6.07) is 7.90. The summed E-state index contributed by atoms with van der Waals surface area (Å²) in [4.78, 5) is 34.7. The van der Waals surface area contributed by atoms with Gasteiger partial charge in [-0.3, -0.25) is 13.8 Å². The Labute approximate surface area is 215 Å². The van der Waals surface area contributed by atoms with E-state index in [1.807, 2.05) is 0 Å². The van der Waals surface area contributed by atoms with Gasteiger partial charge in [-0.1, -0.05) is 35.3 Å². The molecule has 4 rings (SSSR count). The zero-order chi connectivity index (χ0) is 25.2. The number of hydrogen-bond acceptors (Lipinski definition) is 9. The van der Waals surface area contributed by atoms with Crippen molar-refractivity contribution in [3.05, 3.63) is 73.8 Å². The summed E-state index contributed by atoms with van der Waals surface area (Å²) in [7, 11) is -3.99. The first kappa shape index (κ1) is 25.7. The van der Waals surface area contributed by atoms with Gasteiger partial charge in [-0.25, -0.2) is 15.1 Å². The van der Waals surface area contributed by atoms with Crippen molar-refractivity contribution in [1.29, 1.82) is 0 Å². The molecule has 184 valence electrons. The SMILES string of the molecule is NS(=O)(=O)OC[C@@H]1CC[C@H](Nc2ncncc2C(=O)c2cc(C(=O)c3cccc(Cl)c3)c(Cl)s2)C1. The van der Waals surface area contributed by atoms with Gasteiger partial charge in [-0.15, -0.1) is 11.3 Å². The highest BCUT2D eigenvalue weighted by Crippen LogP contribution is 2.33. The number of thiophene rings is 1. The van der Waals surface area contributed by atoms with Gasteiger partial charge in [0.25, 0.3) is 0 Å². The van der Waals surface area contributed by atoms with Gasteiger partial charge in [0.15, 0.2) is 5.78 Å². The maximum atomic E-state index is 13.3. The molecule has 1 aliphatic rings. The molecule has 35 heavy (non-hydrogen) atoms. The number of nitrogens with one attached hydrogen (secondary N) is 1. The molecule has 2 atom stereocenters. The standard InChI is InChI=1S/C22H20Cl2N4O5S2/c23-14-3-1-2-13(7-14)19(29)16-8-18(34-21(16)24)20(30)17-9-26-11-27-22(17)28-15-5-4-12(6-15)10-33-35(25,31)32/h1-3,7-9,11-12,15H,4-6,10H2,(H2,25,31,32)(H,26,27,28)/t12-,15+/m1/s1. The molecule has 0 bridgehead atoms. The Balaban J connectivity index is 1.50. The molecule has 2 aromatic heterocycles. The zero-order valence-corrected chi connectivity index (χ0v) is 21.3. The van der Waals surface area contributed by atoms with Crippen molar-refractivity contribution in [2.45, 2.75) is 25.3 Å². The maximum Gasteiger partial charge on any atom is 0.333 e. The Kier molecular flexibility index (Phi) is 7.84. The summed E-state index contributed by atoms with van der Waals surface area (Å²) in [5.41, 5.74) is 0.808. The predicted octanol–water partition coefficient (Wildman–Crippen LogP) is 4.11. The Hall–Kier alpha value is -2.41. The lowest BCUT2D eigenvalue weighted by Crippen LogP contribution is -2.22. The van der Waals surface area contributed by atoms with Crippen molar-refractivity contribution in [2.24, 2.45) is 11.1 Å². The van der Waals surface area contributed by atoms with Crippen LogP contribution in [0.2, 0.25) is 9.36 Å². The molecule has 0 radical (unpaired) electrons. The number of halogens is 2. The van der Waals surface area contributed by atoms with Gasteiger partial charge in [-0.2, -0.15) is 8.42 Å². The normalized spacial score (nSPS) is 17.9. The van der Waals surface area contributed by atoms with Crippen molar-refractivity contribution in [3.63, 3.8) is 0 Å². The fraction of sp³-hybridized carbons (Fsp3) is 0.273. The smallest absolute Gasteiger partial charge is 0.333 e. The van der Waals surface area contributed by atoms with Crippen LogP contribution in [0.25, 0.3) is 0 Å². The third kappa shape index (κ3) is 6.43. The first-order valence-corrected chi connectivity index (χ1v) is 13.5. The molecular weight excluding hydrogens is 535 g/mol. The van der Waals surface area contributed by atoms with Crippen LogP contribution in [0.15, 0.2) is 42.9 Å². The fourth-order valence-corrected chi connectivity index (χ4v) is 5.70. The Morgan fingerprint density at radius 1 is 1.17 bits per heavy atom. The fourth-order valence-electron chi connectivity index (χ4n) is 3.91. The van der Waals surface area contributed by atoms with Crippen LogP contribution in [0.5, 0.6) is 0 Å². The van der Waals surface area contributed by atoms with Gasteiger partial charge in [0, 0.05) is 22.8 Å². The zero-order valence-electron chi connectivity index (χ0n) is 18.1. The maximum absolute atomic E-state index is 13.3. The van der Waals surface area contributed by atoms with E-state index in [0.717, 1.165) is 24.2 Å². The van der Waals surface area contributed by atoms with E-state index in [2.05, 4.69) is 15.3 Å². The number of carbonyl (C=O) groups excluding carboxylic acids is 2. The van der Waals surface area contributed by atoms with Gasteiger partial charge < -0.3 is 5.32 Å². The molecule has 1 fully saturated rings. The summed E-state index contributed by atoms with van der Waals surface area (Å²) in [5.74, 6) is -0.371. The Morgan fingerprint density at radius 3 is 2.71 bits per heavy atom. The molecular formula is C22H20Cl2N4O5S2. The van der Waals surface area contributed by atoms with Gasteiger partial charge in [-0.05, 0) is 43.4 Å². The van der Waals surface area contributed by atoms with Gasteiger partial charge in [0.05, 0.1) is 22.6 Å². The molecule has 1 aliphatic carbocycles. The number of anilines is 1. The number of nitrogens with zero attached hydrogens (tertiary/aromatic N) is 2. The number of nitrogens with two attached hydrogens (primary N) is 1. The summed E-state index contributed by atoms with van der Waals surface area (Å²) < 4.78 is 26.9. The second kappa shape index (κ2) is 10.7. The lowest BCUT2D eigenvalue weighted by Gasteiger charge is -2.15. The number of benzene rings is 1. The Morgan fingerprint density at radius 2 is 1.97 bits per heavy atom. The van der Waals surface area contributed by atoms with E-state index in [1.165, 1.54) is 24.7 Å². The van der Waals surface area contributed by atoms with Crippen LogP contribution in [0.4, 0.5) is 5.82 Å². The van der Waals surface area contributed by atoms with Crippen LogP contribution < -0.4 is 10.5 Å². The second-order valence-corrected chi connectivity index (χ2v) is 11.4. The average molecular weight is 555 g/mol. The van der Waals surface area contributed by atoms with E-state index in [9.17, 15) is 18.0 Å². The molecule has 3 N–H and O–H groups in total. The molecule has 13 heteroatoms. The van der Waals surface area contributed by atoms with Crippen LogP contribution in [0, 0.1) is 5.92 Å². The molecule has 0 amide bonds. The van der Waals surface area contributed by atoms with Gasteiger partial charge in [0.1, 0.15) is 16.5 Å². The molecule has 0 saturated heterocycles. The van der Waals surface area contributed by atoms with E-state index in [-0.39, 0.29) is 50.5 Å². The highest BCUT2D eigenvalue weighted by Gasteiger charge is 2.28. The van der Waals surface area contributed by atoms with Crippen molar-refractivity contribution in [1.82, 2.24) is 9.97 Å². The lowest BCUT2D eigenvalue weighted by molar-refractivity contribution is 0.103. The minimum Gasteiger partial charge on any atom is -0.367 e. The molecule has 3 aromatic rings. The molecule has 0 unspecified atom stereocenters. The number of hydrogen-bond donors (Lipinski definition) is 2. The highest BCUT2D eigenvalue weighted by atomic mass is 35.5. The van der Waals surface area contributed by atoms with Crippen molar-refractivity contribution in [2.75, 3.05) is 11.9 Å². The summed E-state index contributed by atoms with van der Waals surface area (Å²) >= 11 is 13.3. The van der Waals surface area contributed by atoms with E-state index >= 15 is 0 Å². The molecule has 1 aromatic carbocycles. The van der Waals surface area contributed by atoms with Crippen molar-refractivity contribution >= 4 is 62.2 Å². The van der Waals surface area contributed by atoms with Crippen LogP contribution in [0.1, 0.15) is 50.4 Å². The minimum atomic E-state index is -3.99. The van der Waals surface area contributed by atoms with Crippen molar-refractivity contribution in [3.8, 4) is 0 Å². The number of ketones is 2. The molecule has 0 aliphatic heterocycles. The van der Waals surface area contributed by atoms with Crippen molar-refractivity contribution < 1.29 is 22.2 Å². The van der Waals surface area contributed by atoms with Crippen LogP contribution >= 0.6 is 34.5 Å². The van der Waals surface area contributed by atoms with E-state index in [1.54, 1.807) is 18.2 Å². The van der Waals surface area contributed by atoms with E-state index in [0.29, 0.717) is 22.8 Å². The molecule has 1 saturated carbocycles. The third-order valence-corrected chi connectivity index (χ3v) is 7.61.